The van der Waals surface area contributed by atoms with Crippen LogP contribution in [0.4, 0.5) is 0 Å². The molecule has 1 aromatic heterocycles. The first-order chi connectivity index (χ1) is 3.00. The summed E-state index contributed by atoms with van der Waals surface area (Å²) in [5, 5.41) is 0. The molecule has 0 atom stereocenters. The van der Waals surface area contributed by atoms with Crippen molar-refractivity contribution in [3.8, 4) is 0 Å². The number of rotatable bonds is 0. The number of pyridine rings is 1. The Morgan fingerprint density at radius 1 is 1.25 bits per heavy atom. The van der Waals surface area contributed by atoms with Crippen molar-refractivity contribution in [3.63, 3.8) is 0 Å². The first-order valence-electron chi connectivity index (χ1n) is 1.77. The minimum Gasteiger partial charge on any atom is -1.00 e. The number of nitrogens with zero attached hydrogens (tertiary/aromatic N) is 1. The zero-order valence-electron chi connectivity index (χ0n) is 4.34. The third-order valence-electron chi connectivity index (χ3n) is 0.517. The molecule has 0 aliphatic carbocycles. The molecule has 0 aromatic carbocycles. The first-order valence-corrected chi connectivity index (χ1v) is 1.77. The molecule has 0 saturated heterocycles. The van der Waals surface area contributed by atoms with Gasteiger partial charge in [-0.2, -0.15) is 0 Å². The molecule has 1 aromatic rings. The van der Waals surface area contributed by atoms with Crippen LogP contribution in [0.1, 0.15) is 0 Å². The van der Waals surface area contributed by atoms with Gasteiger partial charge in [0.25, 0.3) is 0 Å². The second-order valence-electron chi connectivity index (χ2n) is 0.959. The Kier molecular flexibility index (Phi) is 9.66. The molecule has 8 heavy (non-hydrogen) atoms. The molecule has 1 nitrogen and oxygen atoms in total. The van der Waals surface area contributed by atoms with E-state index in [1.165, 1.54) is 0 Å². The fourth-order valence-corrected chi connectivity index (χ4v) is 0.277. The van der Waals surface area contributed by atoms with Gasteiger partial charge < -0.3 is 12.4 Å². The Morgan fingerprint density at radius 2 is 2.00 bits per heavy atom. The summed E-state index contributed by atoms with van der Waals surface area (Å²) < 4.78 is 0. The monoisotopic (exact) mass is 177 g/mol. The summed E-state index contributed by atoms with van der Waals surface area (Å²) in [6.07, 6.45) is 4.34. The topological polar surface area (TPSA) is 12.9 Å². The largest absolute Gasteiger partial charge is 1.00 e. The maximum Gasteiger partial charge on any atom is 0.0886 e. The number of hydrogen-bond acceptors (Lipinski definition) is 1. The molecule has 0 spiro atoms. The number of halogens is 1. The van der Waals surface area contributed by atoms with Gasteiger partial charge in [0.05, 0.1) is 6.20 Å². The number of aromatic nitrogens is 1. The van der Waals surface area contributed by atoms with Gasteiger partial charge in [0.2, 0.25) is 0 Å². The second kappa shape index (κ2) is 7.06. The minimum absolute atomic E-state index is 0. The van der Waals surface area contributed by atoms with E-state index in [2.05, 4.69) is 11.2 Å². The Hall–Kier alpha value is 0.0634. The van der Waals surface area contributed by atoms with Crippen LogP contribution in [0.15, 0.2) is 24.4 Å². The fourth-order valence-electron chi connectivity index (χ4n) is 0.277. The average molecular weight is 179 g/mol. The molecule has 39 valence electrons. The van der Waals surface area contributed by atoms with Crippen molar-refractivity contribution in [1.29, 1.82) is 0 Å². The standard InChI is InChI=1S/C5H4N.ClH.Zn/c1-2-4-6-5-3-1;;/h1-4H;1H;/p-1. The maximum atomic E-state index is 3.66. The summed E-state index contributed by atoms with van der Waals surface area (Å²) in [6.45, 7) is 0. The van der Waals surface area contributed by atoms with Gasteiger partial charge in [0.1, 0.15) is 0 Å². The molecular weight excluding hydrogens is 175 g/mol. The minimum atomic E-state index is 0. The van der Waals surface area contributed by atoms with E-state index < -0.39 is 0 Å². The molecule has 1 heterocycles. The summed E-state index contributed by atoms with van der Waals surface area (Å²) in [4.78, 5) is 3.66. The molecule has 0 fully saturated rings. The molecule has 0 aliphatic rings. The van der Waals surface area contributed by atoms with Crippen molar-refractivity contribution in [2.75, 3.05) is 0 Å². The van der Waals surface area contributed by atoms with Crippen LogP contribution < -0.4 is 12.4 Å². The van der Waals surface area contributed by atoms with Gasteiger partial charge in [-0.25, -0.2) is 0 Å². The summed E-state index contributed by atoms with van der Waals surface area (Å²) in [7, 11) is 0. The van der Waals surface area contributed by atoms with Crippen LogP contribution >= 0.6 is 0 Å². The van der Waals surface area contributed by atoms with Gasteiger partial charge in [-0.1, -0.05) is 6.07 Å². The molecule has 0 aliphatic heterocycles. The Bertz CT molecular complexity index is 84.4. The first kappa shape index (κ1) is 10.9. The Balaban J connectivity index is 0. The molecule has 0 N–H and O–H groups in total. The predicted octanol–water partition coefficient (Wildman–Crippen LogP) is -2.12. The summed E-state index contributed by atoms with van der Waals surface area (Å²) in [5.41, 5.74) is 0. The van der Waals surface area contributed by atoms with E-state index >= 15 is 0 Å². The normalized spacial score (nSPS) is 6.00. The van der Waals surface area contributed by atoms with Crippen LogP contribution in [0, 0.1) is 6.20 Å². The molecule has 0 unspecified atom stereocenters. The molecule has 0 bridgehead atoms. The van der Waals surface area contributed by atoms with Crippen molar-refractivity contribution in [1.82, 2.24) is 4.98 Å². The predicted molar refractivity (Wildman–Crippen MR) is 23.1 cm³/mol. The van der Waals surface area contributed by atoms with Crippen molar-refractivity contribution >= 4 is 0 Å². The molecule has 0 amide bonds. The second-order valence-corrected chi connectivity index (χ2v) is 0.959. The summed E-state index contributed by atoms with van der Waals surface area (Å²) in [5.74, 6) is 0. The van der Waals surface area contributed by atoms with Crippen molar-refractivity contribution in [3.05, 3.63) is 30.6 Å². The van der Waals surface area contributed by atoms with E-state index in [9.17, 15) is 0 Å². The van der Waals surface area contributed by atoms with Gasteiger partial charge in [0.15, 0.2) is 0 Å². The number of hydrogen-bond donors (Lipinski definition) is 0. The molecule has 1 radical (unpaired) electrons. The van der Waals surface area contributed by atoms with E-state index in [4.69, 9.17) is 0 Å². The molecule has 0 saturated carbocycles. The van der Waals surface area contributed by atoms with Crippen molar-refractivity contribution < 1.29 is 31.9 Å². The molecule has 1 rings (SSSR count). The van der Waals surface area contributed by atoms with Crippen LogP contribution in [-0.2, 0) is 19.5 Å². The average Bonchev–Trinajstić information content (AvgIpc) is 1.72. The summed E-state index contributed by atoms with van der Waals surface area (Å²) >= 11 is 0. The van der Waals surface area contributed by atoms with Crippen LogP contribution in [0.2, 0.25) is 0 Å². The van der Waals surface area contributed by atoms with Crippen molar-refractivity contribution in [2.24, 2.45) is 0 Å². The maximum absolute atomic E-state index is 3.66. The zero-order chi connectivity index (χ0) is 4.24. The van der Waals surface area contributed by atoms with Crippen LogP contribution in [0.3, 0.4) is 0 Å². The van der Waals surface area contributed by atoms with Crippen LogP contribution in [0.25, 0.3) is 0 Å². The van der Waals surface area contributed by atoms with Crippen molar-refractivity contribution in [2.45, 2.75) is 0 Å². The van der Waals surface area contributed by atoms with Gasteiger partial charge >= 0.3 is 0 Å². The van der Waals surface area contributed by atoms with Gasteiger partial charge in [0, 0.05) is 25.7 Å². The van der Waals surface area contributed by atoms with E-state index in [0.29, 0.717) is 0 Å². The summed E-state index contributed by atoms with van der Waals surface area (Å²) in [6, 6.07) is 5.50. The zero-order valence-corrected chi connectivity index (χ0v) is 8.06. The smallest absolute Gasteiger partial charge is 0.0886 e. The van der Waals surface area contributed by atoms with E-state index in [0.717, 1.165) is 0 Å². The third kappa shape index (κ3) is 4.23. The van der Waals surface area contributed by atoms with E-state index in [1.807, 2.05) is 12.1 Å². The van der Waals surface area contributed by atoms with Gasteiger partial charge in [-0.05, 0) is 12.1 Å². The van der Waals surface area contributed by atoms with E-state index in [1.54, 1.807) is 12.3 Å². The molecular formula is C5H4ClNZn-. The SMILES string of the molecule is [Cl-].[Zn].[c]1ccccn1. The fraction of sp³-hybridized carbons (Fsp3) is 0. The van der Waals surface area contributed by atoms with Crippen LogP contribution in [-0.4, -0.2) is 4.98 Å². The van der Waals surface area contributed by atoms with Gasteiger partial charge in [-0.3, -0.25) is 4.98 Å². The van der Waals surface area contributed by atoms with Gasteiger partial charge in [-0.15, -0.1) is 0 Å². The Labute approximate surface area is 67.7 Å². The molecule has 3 heteroatoms. The van der Waals surface area contributed by atoms with E-state index in [-0.39, 0.29) is 31.9 Å². The quantitative estimate of drug-likeness (QED) is 0.415. The third-order valence-corrected chi connectivity index (χ3v) is 0.517. The van der Waals surface area contributed by atoms with Crippen LogP contribution in [0.5, 0.6) is 0 Å². The Morgan fingerprint density at radius 3 is 2.12 bits per heavy atom.